The lowest BCUT2D eigenvalue weighted by Gasteiger charge is -2.33. The summed E-state index contributed by atoms with van der Waals surface area (Å²) < 4.78 is 5.51. The van der Waals surface area contributed by atoms with Gasteiger partial charge in [-0.3, -0.25) is 4.79 Å². The number of nitrogens with zero attached hydrogens (tertiary/aromatic N) is 2. The topological polar surface area (TPSA) is 75.9 Å². The van der Waals surface area contributed by atoms with Gasteiger partial charge in [0.2, 0.25) is 5.91 Å². The monoisotopic (exact) mass is 311 g/mol. The van der Waals surface area contributed by atoms with Crippen molar-refractivity contribution in [1.82, 2.24) is 9.80 Å². The van der Waals surface area contributed by atoms with E-state index in [1.807, 2.05) is 30.6 Å². The van der Waals surface area contributed by atoms with Crippen LogP contribution in [0.3, 0.4) is 0 Å². The molecule has 126 valence electrons. The number of hydrogen-bond acceptors (Lipinski definition) is 4. The minimum absolute atomic E-state index is 0.0255. The number of amides is 2. The first-order valence-electron chi connectivity index (χ1n) is 8.24. The van der Waals surface area contributed by atoms with Crippen molar-refractivity contribution in [2.24, 2.45) is 5.73 Å². The normalized spacial score (nSPS) is 23.3. The van der Waals surface area contributed by atoms with E-state index in [4.69, 9.17) is 10.5 Å². The second-order valence-corrected chi connectivity index (χ2v) is 7.48. The second kappa shape index (κ2) is 6.44. The Hall–Kier alpha value is -1.30. The third-order valence-corrected chi connectivity index (χ3v) is 4.07. The van der Waals surface area contributed by atoms with Gasteiger partial charge < -0.3 is 20.3 Å². The Labute approximate surface area is 132 Å². The summed E-state index contributed by atoms with van der Waals surface area (Å²) in [6, 6.07) is -0.161. The van der Waals surface area contributed by atoms with Gasteiger partial charge in [0, 0.05) is 25.2 Å². The maximum Gasteiger partial charge on any atom is 0.410 e. The van der Waals surface area contributed by atoms with Gasteiger partial charge in [-0.2, -0.15) is 0 Å². The van der Waals surface area contributed by atoms with E-state index in [2.05, 4.69) is 0 Å². The number of ether oxygens (including phenoxy) is 1. The Bertz CT molecular complexity index is 427. The Morgan fingerprint density at radius 1 is 1.32 bits per heavy atom. The number of hydrogen-bond donors (Lipinski definition) is 1. The Balaban J connectivity index is 2.01. The van der Waals surface area contributed by atoms with Crippen LogP contribution >= 0.6 is 0 Å². The average Bonchev–Trinajstić information content (AvgIpc) is 3.11. The van der Waals surface area contributed by atoms with Gasteiger partial charge in [0.25, 0.3) is 0 Å². The first kappa shape index (κ1) is 17.1. The van der Waals surface area contributed by atoms with Crippen molar-refractivity contribution < 1.29 is 14.3 Å². The molecule has 1 heterocycles. The van der Waals surface area contributed by atoms with Gasteiger partial charge in [0.1, 0.15) is 5.60 Å². The largest absolute Gasteiger partial charge is 0.444 e. The molecule has 0 radical (unpaired) electrons. The van der Waals surface area contributed by atoms with E-state index in [1.54, 1.807) is 6.92 Å². The lowest BCUT2D eigenvalue weighted by Crippen LogP contribution is -2.50. The first-order valence-corrected chi connectivity index (χ1v) is 8.24. The molecular weight excluding hydrogens is 282 g/mol. The fraction of sp³-hybridized carbons (Fsp3) is 0.875. The second-order valence-electron chi connectivity index (χ2n) is 7.48. The standard InChI is InChI=1S/C16H29N3O3/c1-11(17)14(20)18-9-5-6-13(18)10-19(12-7-8-12)15(21)22-16(2,3)4/h11-13H,5-10,17H2,1-4H3/t11-,13?/m0/s1. The zero-order valence-electron chi connectivity index (χ0n) is 14.2. The van der Waals surface area contributed by atoms with Crippen LogP contribution in [-0.2, 0) is 9.53 Å². The van der Waals surface area contributed by atoms with Crippen LogP contribution in [0, 0.1) is 0 Å². The molecule has 2 fully saturated rings. The van der Waals surface area contributed by atoms with E-state index < -0.39 is 11.6 Å². The first-order chi connectivity index (χ1) is 10.2. The number of rotatable bonds is 4. The molecule has 2 N–H and O–H groups in total. The summed E-state index contributed by atoms with van der Waals surface area (Å²) in [6.45, 7) is 8.62. The summed E-state index contributed by atoms with van der Waals surface area (Å²) in [4.78, 5) is 28.2. The molecule has 2 amide bonds. The van der Waals surface area contributed by atoms with Crippen molar-refractivity contribution in [3.63, 3.8) is 0 Å². The summed E-state index contributed by atoms with van der Waals surface area (Å²) >= 11 is 0. The molecule has 0 aromatic rings. The molecule has 6 heteroatoms. The average molecular weight is 311 g/mol. The SMILES string of the molecule is C[C@H](N)C(=O)N1CCCC1CN(C(=O)OC(C)(C)C)C1CC1. The van der Waals surface area contributed by atoms with Crippen LogP contribution in [-0.4, -0.2) is 58.6 Å². The van der Waals surface area contributed by atoms with Crippen LogP contribution < -0.4 is 5.73 Å². The van der Waals surface area contributed by atoms with Gasteiger partial charge in [0.15, 0.2) is 0 Å². The quantitative estimate of drug-likeness (QED) is 0.858. The minimum atomic E-state index is -0.499. The van der Waals surface area contributed by atoms with Crippen LogP contribution in [0.1, 0.15) is 53.4 Å². The molecule has 2 aliphatic rings. The van der Waals surface area contributed by atoms with Gasteiger partial charge in [0.05, 0.1) is 6.04 Å². The van der Waals surface area contributed by atoms with Crippen LogP contribution in [0.15, 0.2) is 0 Å². The van der Waals surface area contributed by atoms with Crippen molar-refractivity contribution in [2.45, 2.75) is 77.1 Å². The van der Waals surface area contributed by atoms with E-state index in [-0.39, 0.29) is 24.1 Å². The highest BCUT2D eigenvalue weighted by Crippen LogP contribution is 2.30. The number of carbonyl (C=O) groups excluding carboxylic acids is 2. The summed E-state index contributed by atoms with van der Waals surface area (Å²) in [6.07, 6.45) is 3.66. The van der Waals surface area contributed by atoms with Crippen molar-refractivity contribution in [1.29, 1.82) is 0 Å². The van der Waals surface area contributed by atoms with Crippen LogP contribution in [0.4, 0.5) is 4.79 Å². The zero-order valence-corrected chi connectivity index (χ0v) is 14.2. The van der Waals surface area contributed by atoms with Gasteiger partial charge in [-0.05, 0) is 53.4 Å². The molecule has 6 nitrogen and oxygen atoms in total. The number of nitrogens with two attached hydrogens (primary N) is 1. The molecule has 2 rings (SSSR count). The van der Waals surface area contributed by atoms with E-state index >= 15 is 0 Å². The van der Waals surface area contributed by atoms with Crippen molar-refractivity contribution >= 4 is 12.0 Å². The zero-order chi connectivity index (χ0) is 16.5. The fourth-order valence-electron chi connectivity index (χ4n) is 2.88. The molecule has 1 aliphatic carbocycles. The highest BCUT2D eigenvalue weighted by Gasteiger charge is 2.39. The van der Waals surface area contributed by atoms with Crippen molar-refractivity contribution in [2.75, 3.05) is 13.1 Å². The number of carbonyl (C=O) groups is 2. The van der Waals surface area contributed by atoms with Crippen molar-refractivity contribution in [3.05, 3.63) is 0 Å². The van der Waals surface area contributed by atoms with E-state index in [1.165, 1.54) is 0 Å². The molecule has 1 unspecified atom stereocenters. The summed E-state index contributed by atoms with van der Waals surface area (Å²) in [5.41, 5.74) is 5.23. The van der Waals surface area contributed by atoms with E-state index in [0.29, 0.717) is 6.54 Å². The third kappa shape index (κ3) is 4.35. The predicted octanol–water partition coefficient (Wildman–Crippen LogP) is 1.72. The molecular formula is C16H29N3O3. The minimum Gasteiger partial charge on any atom is -0.444 e. The van der Waals surface area contributed by atoms with Crippen LogP contribution in [0.5, 0.6) is 0 Å². The van der Waals surface area contributed by atoms with E-state index in [0.717, 1.165) is 32.2 Å². The molecule has 0 aromatic carbocycles. The third-order valence-electron chi connectivity index (χ3n) is 4.07. The molecule has 1 aliphatic heterocycles. The van der Waals surface area contributed by atoms with Crippen molar-refractivity contribution in [3.8, 4) is 0 Å². The predicted molar refractivity (Wildman–Crippen MR) is 84.3 cm³/mol. The summed E-state index contributed by atoms with van der Waals surface area (Å²) in [5, 5.41) is 0. The van der Waals surface area contributed by atoms with Gasteiger partial charge in [-0.25, -0.2) is 4.79 Å². The lowest BCUT2D eigenvalue weighted by molar-refractivity contribution is -0.133. The highest BCUT2D eigenvalue weighted by molar-refractivity contribution is 5.81. The summed E-state index contributed by atoms with van der Waals surface area (Å²) in [5.74, 6) is -0.0255. The molecule has 1 saturated heterocycles. The van der Waals surface area contributed by atoms with Gasteiger partial charge in [-0.15, -0.1) is 0 Å². The molecule has 0 aromatic heterocycles. The Kier molecular flexibility index (Phi) is 5.00. The molecule has 1 saturated carbocycles. The van der Waals surface area contributed by atoms with Crippen LogP contribution in [0.2, 0.25) is 0 Å². The smallest absolute Gasteiger partial charge is 0.410 e. The van der Waals surface area contributed by atoms with Gasteiger partial charge in [-0.1, -0.05) is 0 Å². The maximum absolute atomic E-state index is 12.4. The van der Waals surface area contributed by atoms with E-state index in [9.17, 15) is 9.59 Å². The fourth-order valence-corrected chi connectivity index (χ4v) is 2.88. The Morgan fingerprint density at radius 2 is 1.95 bits per heavy atom. The maximum atomic E-state index is 12.4. The Morgan fingerprint density at radius 3 is 2.45 bits per heavy atom. The lowest BCUT2D eigenvalue weighted by atomic mass is 10.2. The number of likely N-dealkylation sites (tertiary alicyclic amines) is 1. The highest BCUT2D eigenvalue weighted by atomic mass is 16.6. The van der Waals surface area contributed by atoms with Crippen LogP contribution in [0.25, 0.3) is 0 Å². The van der Waals surface area contributed by atoms with Gasteiger partial charge >= 0.3 is 6.09 Å². The summed E-state index contributed by atoms with van der Waals surface area (Å²) in [7, 11) is 0. The molecule has 0 bridgehead atoms. The molecule has 2 atom stereocenters. The molecule has 0 spiro atoms. The molecule has 22 heavy (non-hydrogen) atoms.